The second kappa shape index (κ2) is 7.39. The average Bonchev–Trinajstić information content (AvgIpc) is 2.97. The highest BCUT2D eigenvalue weighted by Crippen LogP contribution is 2.30. The highest BCUT2D eigenvalue weighted by molar-refractivity contribution is 5.54. The number of rotatable bonds is 7. The van der Waals surface area contributed by atoms with Gasteiger partial charge >= 0.3 is 0 Å². The van der Waals surface area contributed by atoms with Gasteiger partial charge in [0, 0.05) is 18.3 Å². The van der Waals surface area contributed by atoms with Crippen molar-refractivity contribution in [2.24, 2.45) is 5.92 Å². The second-order valence-electron chi connectivity index (χ2n) is 5.49. The summed E-state index contributed by atoms with van der Waals surface area (Å²) in [7, 11) is 3.24. The SMILES string of the molecule is COc1ccc(NCC(O)CC2CCCC2)cc1OC. The maximum absolute atomic E-state index is 10.1. The van der Waals surface area contributed by atoms with Crippen LogP contribution in [0.1, 0.15) is 32.1 Å². The molecular weight excluding hydrogens is 254 g/mol. The van der Waals surface area contributed by atoms with Crippen molar-refractivity contribution in [3.05, 3.63) is 18.2 Å². The summed E-state index contributed by atoms with van der Waals surface area (Å²) in [5, 5.41) is 13.3. The Morgan fingerprint density at radius 2 is 1.90 bits per heavy atom. The summed E-state index contributed by atoms with van der Waals surface area (Å²) in [6, 6.07) is 5.69. The maximum Gasteiger partial charge on any atom is 0.162 e. The van der Waals surface area contributed by atoms with E-state index in [2.05, 4.69) is 5.32 Å². The predicted octanol–water partition coefficient (Wildman–Crippen LogP) is 3.06. The molecule has 4 heteroatoms. The van der Waals surface area contributed by atoms with Crippen LogP contribution in [0.4, 0.5) is 5.69 Å². The van der Waals surface area contributed by atoms with Gasteiger partial charge in [0.25, 0.3) is 0 Å². The number of benzene rings is 1. The summed E-state index contributed by atoms with van der Waals surface area (Å²) in [5.41, 5.74) is 0.938. The molecule has 1 fully saturated rings. The Balaban J connectivity index is 1.83. The minimum absolute atomic E-state index is 0.286. The molecule has 0 amide bonds. The molecule has 1 aromatic carbocycles. The van der Waals surface area contributed by atoms with E-state index in [0.717, 1.165) is 12.1 Å². The first kappa shape index (κ1) is 15.0. The number of ether oxygens (including phenoxy) is 2. The van der Waals surface area contributed by atoms with Gasteiger partial charge < -0.3 is 19.9 Å². The average molecular weight is 279 g/mol. The molecule has 0 spiro atoms. The number of aliphatic hydroxyl groups is 1. The molecule has 0 heterocycles. The van der Waals surface area contributed by atoms with Crippen LogP contribution in [0.3, 0.4) is 0 Å². The fourth-order valence-corrected chi connectivity index (χ4v) is 2.90. The molecular formula is C16H25NO3. The number of aliphatic hydroxyl groups excluding tert-OH is 1. The summed E-state index contributed by atoms with van der Waals surface area (Å²) < 4.78 is 10.5. The molecule has 2 N–H and O–H groups in total. The standard InChI is InChI=1S/C16H25NO3/c1-19-15-8-7-13(10-16(15)20-2)17-11-14(18)9-12-5-3-4-6-12/h7-8,10,12,14,17-18H,3-6,9,11H2,1-2H3. The van der Waals surface area contributed by atoms with Crippen LogP contribution in [-0.2, 0) is 0 Å². The Hall–Kier alpha value is -1.42. The Labute approximate surface area is 121 Å². The first-order valence-electron chi connectivity index (χ1n) is 7.37. The Bertz CT molecular complexity index is 416. The number of anilines is 1. The third-order valence-corrected chi connectivity index (χ3v) is 4.01. The van der Waals surface area contributed by atoms with Crippen LogP contribution >= 0.6 is 0 Å². The minimum atomic E-state index is -0.286. The van der Waals surface area contributed by atoms with E-state index in [1.54, 1.807) is 14.2 Å². The molecule has 0 bridgehead atoms. The summed E-state index contributed by atoms with van der Waals surface area (Å²) in [6.07, 6.45) is 5.80. The van der Waals surface area contributed by atoms with Gasteiger partial charge in [0.05, 0.1) is 20.3 Å². The van der Waals surface area contributed by atoms with Crippen molar-refractivity contribution in [3.8, 4) is 11.5 Å². The smallest absolute Gasteiger partial charge is 0.162 e. The van der Waals surface area contributed by atoms with Crippen molar-refractivity contribution in [1.29, 1.82) is 0 Å². The molecule has 112 valence electrons. The number of nitrogens with one attached hydrogen (secondary N) is 1. The normalized spacial score (nSPS) is 16.9. The minimum Gasteiger partial charge on any atom is -0.493 e. The predicted molar refractivity (Wildman–Crippen MR) is 80.6 cm³/mol. The fourth-order valence-electron chi connectivity index (χ4n) is 2.90. The van der Waals surface area contributed by atoms with Crippen LogP contribution in [0.25, 0.3) is 0 Å². The van der Waals surface area contributed by atoms with Gasteiger partial charge in [-0.25, -0.2) is 0 Å². The zero-order chi connectivity index (χ0) is 14.4. The lowest BCUT2D eigenvalue weighted by Crippen LogP contribution is -2.22. The van der Waals surface area contributed by atoms with Gasteiger partial charge in [0.1, 0.15) is 0 Å². The number of hydrogen-bond acceptors (Lipinski definition) is 4. The van der Waals surface area contributed by atoms with E-state index in [1.807, 2.05) is 18.2 Å². The van der Waals surface area contributed by atoms with Gasteiger partial charge in [0.15, 0.2) is 11.5 Å². The van der Waals surface area contributed by atoms with Gasteiger partial charge in [-0.15, -0.1) is 0 Å². The summed E-state index contributed by atoms with van der Waals surface area (Å²) in [4.78, 5) is 0. The quantitative estimate of drug-likeness (QED) is 0.805. The molecule has 0 aliphatic heterocycles. The van der Waals surface area contributed by atoms with E-state index >= 15 is 0 Å². The molecule has 20 heavy (non-hydrogen) atoms. The molecule has 2 rings (SSSR count). The van der Waals surface area contributed by atoms with Crippen molar-refractivity contribution in [2.45, 2.75) is 38.2 Å². The first-order chi connectivity index (χ1) is 9.72. The van der Waals surface area contributed by atoms with Crippen LogP contribution in [-0.4, -0.2) is 32.0 Å². The molecule has 4 nitrogen and oxygen atoms in total. The lowest BCUT2D eigenvalue weighted by molar-refractivity contribution is 0.155. The van der Waals surface area contributed by atoms with Gasteiger partial charge in [-0.05, 0) is 24.5 Å². The highest BCUT2D eigenvalue weighted by atomic mass is 16.5. The lowest BCUT2D eigenvalue weighted by Gasteiger charge is -2.17. The summed E-state index contributed by atoms with van der Waals surface area (Å²) >= 11 is 0. The lowest BCUT2D eigenvalue weighted by atomic mass is 10.00. The van der Waals surface area contributed by atoms with Crippen molar-refractivity contribution >= 4 is 5.69 Å². The van der Waals surface area contributed by atoms with E-state index in [9.17, 15) is 5.11 Å². The van der Waals surface area contributed by atoms with Gasteiger partial charge in [0.2, 0.25) is 0 Å². The van der Waals surface area contributed by atoms with E-state index in [4.69, 9.17) is 9.47 Å². The fraction of sp³-hybridized carbons (Fsp3) is 0.625. The summed E-state index contributed by atoms with van der Waals surface area (Å²) in [6.45, 7) is 0.575. The van der Waals surface area contributed by atoms with Gasteiger partial charge in [-0.2, -0.15) is 0 Å². The van der Waals surface area contributed by atoms with Crippen molar-refractivity contribution in [3.63, 3.8) is 0 Å². The molecule has 1 aliphatic rings. The van der Waals surface area contributed by atoms with Crippen LogP contribution in [0.15, 0.2) is 18.2 Å². The zero-order valence-corrected chi connectivity index (χ0v) is 12.4. The second-order valence-corrected chi connectivity index (χ2v) is 5.49. The molecule has 1 unspecified atom stereocenters. The summed E-state index contributed by atoms with van der Waals surface area (Å²) in [5.74, 6) is 2.12. The third kappa shape index (κ3) is 4.04. The molecule has 0 radical (unpaired) electrons. The van der Waals surface area contributed by atoms with E-state index in [0.29, 0.717) is 24.0 Å². The van der Waals surface area contributed by atoms with Crippen molar-refractivity contribution < 1.29 is 14.6 Å². The van der Waals surface area contributed by atoms with Crippen LogP contribution < -0.4 is 14.8 Å². The highest BCUT2D eigenvalue weighted by Gasteiger charge is 2.18. The van der Waals surface area contributed by atoms with E-state index in [-0.39, 0.29) is 6.10 Å². The third-order valence-electron chi connectivity index (χ3n) is 4.01. The molecule has 1 aromatic rings. The first-order valence-corrected chi connectivity index (χ1v) is 7.37. The number of methoxy groups -OCH3 is 2. The largest absolute Gasteiger partial charge is 0.493 e. The van der Waals surface area contributed by atoms with Crippen LogP contribution in [0.2, 0.25) is 0 Å². The van der Waals surface area contributed by atoms with Crippen molar-refractivity contribution in [2.75, 3.05) is 26.1 Å². The monoisotopic (exact) mass is 279 g/mol. The number of hydrogen-bond donors (Lipinski definition) is 2. The Kier molecular flexibility index (Phi) is 5.53. The van der Waals surface area contributed by atoms with Crippen LogP contribution in [0, 0.1) is 5.92 Å². The molecule has 0 aromatic heterocycles. The zero-order valence-electron chi connectivity index (χ0n) is 12.4. The van der Waals surface area contributed by atoms with E-state index in [1.165, 1.54) is 25.7 Å². The van der Waals surface area contributed by atoms with Crippen LogP contribution in [0.5, 0.6) is 11.5 Å². The molecule has 1 aliphatic carbocycles. The van der Waals surface area contributed by atoms with Gasteiger partial charge in [-0.3, -0.25) is 0 Å². The van der Waals surface area contributed by atoms with Gasteiger partial charge in [-0.1, -0.05) is 25.7 Å². The Morgan fingerprint density at radius 1 is 1.20 bits per heavy atom. The molecule has 1 atom stereocenters. The Morgan fingerprint density at radius 3 is 2.55 bits per heavy atom. The van der Waals surface area contributed by atoms with E-state index < -0.39 is 0 Å². The topological polar surface area (TPSA) is 50.7 Å². The van der Waals surface area contributed by atoms with Crippen molar-refractivity contribution in [1.82, 2.24) is 0 Å². The molecule has 1 saturated carbocycles. The molecule has 0 saturated heterocycles. The maximum atomic E-state index is 10.1.